The van der Waals surface area contributed by atoms with Crippen molar-refractivity contribution in [2.75, 3.05) is 11.1 Å². The van der Waals surface area contributed by atoms with Gasteiger partial charge in [-0.1, -0.05) is 23.7 Å². The molecule has 5 heteroatoms. The van der Waals surface area contributed by atoms with Crippen LogP contribution in [0.25, 0.3) is 0 Å². The quantitative estimate of drug-likeness (QED) is 0.771. The second kappa shape index (κ2) is 6.87. The number of thioether (sulfide) groups is 1. The van der Waals surface area contributed by atoms with Gasteiger partial charge in [0.15, 0.2) is 0 Å². The highest BCUT2D eigenvalue weighted by atomic mass is 35.5. The van der Waals surface area contributed by atoms with Gasteiger partial charge >= 0.3 is 5.97 Å². The van der Waals surface area contributed by atoms with Crippen LogP contribution in [0.2, 0.25) is 5.02 Å². The summed E-state index contributed by atoms with van der Waals surface area (Å²) in [4.78, 5) is 11.5. The van der Waals surface area contributed by atoms with E-state index in [1.54, 1.807) is 6.07 Å². The fraction of sp³-hybridized carbons (Fsp3) is 0.188. The van der Waals surface area contributed by atoms with Crippen LogP contribution in [0.5, 0.6) is 0 Å². The zero-order valence-electron chi connectivity index (χ0n) is 11.8. The molecule has 0 bridgehead atoms. The molecule has 2 aromatic carbocycles. The Bertz CT molecular complexity index is 673. The van der Waals surface area contributed by atoms with E-state index < -0.39 is 5.97 Å². The number of benzene rings is 2. The second-order valence-corrected chi connectivity index (χ2v) is 6.22. The standard InChI is InChI=1S/C16H16ClNO2S/c1-10-4-3-5-15(11(10)2)18-13-6-12(17)7-14(8-13)21-9-16(19)20/h3-8,18H,9H2,1-2H3,(H,19,20). The largest absolute Gasteiger partial charge is 0.481 e. The topological polar surface area (TPSA) is 49.3 Å². The first-order valence-corrected chi connectivity index (χ1v) is 7.80. The molecule has 0 aliphatic carbocycles. The third-order valence-electron chi connectivity index (χ3n) is 3.12. The fourth-order valence-electron chi connectivity index (χ4n) is 1.91. The lowest BCUT2D eigenvalue weighted by molar-refractivity contribution is -0.133. The minimum Gasteiger partial charge on any atom is -0.481 e. The molecule has 0 aliphatic rings. The molecular formula is C16H16ClNO2S. The van der Waals surface area contributed by atoms with Crippen molar-refractivity contribution in [3.8, 4) is 0 Å². The second-order valence-electron chi connectivity index (χ2n) is 4.73. The molecule has 0 fully saturated rings. The Morgan fingerprint density at radius 2 is 2.05 bits per heavy atom. The maximum atomic E-state index is 10.6. The van der Waals surface area contributed by atoms with Crippen LogP contribution < -0.4 is 5.32 Å². The summed E-state index contributed by atoms with van der Waals surface area (Å²) in [5.74, 6) is -0.826. The molecule has 0 heterocycles. The van der Waals surface area contributed by atoms with Crippen molar-refractivity contribution >= 4 is 40.7 Å². The van der Waals surface area contributed by atoms with Crippen molar-refractivity contribution in [3.05, 3.63) is 52.5 Å². The molecule has 0 saturated heterocycles. The predicted octanol–water partition coefficient (Wildman–Crippen LogP) is 4.88. The molecule has 2 N–H and O–H groups in total. The maximum absolute atomic E-state index is 10.6. The van der Waals surface area contributed by atoms with Gasteiger partial charge < -0.3 is 10.4 Å². The molecule has 0 aliphatic heterocycles. The summed E-state index contributed by atoms with van der Waals surface area (Å²) in [5.41, 5.74) is 4.26. The first-order valence-electron chi connectivity index (χ1n) is 6.44. The van der Waals surface area contributed by atoms with Gasteiger partial charge in [-0.25, -0.2) is 0 Å². The third kappa shape index (κ3) is 4.41. The molecule has 2 aromatic rings. The Morgan fingerprint density at radius 3 is 2.76 bits per heavy atom. The highest BCUT2D eigenvalue weighted by Crippen LogP contribution is 2.29. The van der Waals surface area contributed by atoms with E-state index in [1.807, 2.05) is 24.3 Å². The lowest BCUT2D eigenvalue weighted by Crippen LogP contribution is -1.98. The van der Waals surface area contributed by atoms with Gasteiger partial charge in [0.2, 0.25) is 0 Å². The number of anilines is 2. The summed E-state index contributed by atoms with van der Waals surface area (Å²) in [6.45, 7) is 4.12. The van der Waals surface area contributed by atoms with Crippen LogP contribution in [0.1, 0.15) is 11.1 Å². The maximum Gasteiger partial charge on any atom is 0.313 e. The number of rotatable bonds is 5. The summed E-state index contributed by atoms with van der Waals surface area (Å²) in [7, 11) is 0. The first-order chi connectivity index (χ1) is 9.95. The van der Waals surface area contributed by atoms with Crippen LogP contribution in [0.15, 0.2) is 41.3 Å². The lowest BCUT2D eigenvalue weighted by atomic mass is 10.1. The van der Waals surface area contributed by atoms with Gasteiger partial charge in [-0.3, -0.25) is 4.79 Å². The molecule has 21 heavy (non-hydrogen) atoms. The number of aliphatic carboxylic acids is 1. The minimum absolute atomic E-state index is 0.0171. The van der Waals surface area contributed by atoms with Crippen molar-refractivity contribution in [2.24, 2.45) is 0 Å². The average Bonchev–Trinajstić information content (AvgIpc) is 2.41. The zero-order valence-corrected chi connectivity index (χ0v) is 13.4. The minimum atomic E-state index is -0.844. The third-order valence-corrected chi connectivity index (χ3v) is 4.30. The van der Waals surface area contributed by atoms with E-state index in [-0.39, 0.29) is 5.75 Å². The number of nitrogens with one attached hydrogen (secondary N) is 1. The molecular weight excluding hydrogens is 306 g/mol. The van der Waals surface area contributed by atoms with Crippen LogP contribution >= 0.6 is 23.4 Å². The van der Waals surface area contributed by atoms with Crippen LogP contribution in [-0.2, 0) is 4.79 Å². The van der Waals surface area contributed by atoms with Crippen LogP contribution in [0, 0.1) is 13.8 Å². The molecule has 110 valence electrons. The van der Waals surface area contributed by atoms with Crippen molar-refractivity contribution in [1.29, 1.82) is 0 Å². The van der Waals surface area contributed by atoms with Gasteiger partial charge in [0, 0.05) is 21.3 Å². The number of hydrogen-bond donors (Lipinski definition) is 2. The van der Waals surface area contributed by atoms with E-state index >= 15 is 0 Å². The van der Waals surface area contributed by atoms with Crippen LogP contribution in [0.4, 0.5) is 11.4 Å². The molecule has 0 unspecified atom stereocenters. The van der Waals surface area contributed by atoms with Gasteiger partial charge in [-0.05, 0) is 49.2 Å². The van der Waals surface area contributed by atoms with Gasteiger partial charge in [-0.15, -0.1) is 11.8 Å². The summed E-state index contributed by atoms with van der Waals surface area (Å²) in [5, 5.41) is 12.7. The highest BCUT2D eigenvalue weighted by Gasteiger charge is 2.06. The van der Waals surface area contributed by atoms with Gasteiger partial charge in [-0.2, -0.15) is 0 Å². The Kier molecular flexibility index (Phi) is 5.15. The van der Waals surface area contributed by atoms with E-state index in [0.717, 1.165) is 16.3 Å². The van der Waals surface area contributed by atoms with Crippen LogP contribution in [0.3, 0.4) is 0 Å². The van der Waals surface area contributed by atoms with Gasteiger partial charge in [0.05, 0.1) is 5.75 Å². The Morgan fingerprint density at radius 1 is 1.29 bits per heavy atom. The molecule has 0 radical (unpaired) electrons. The monoisotopic (exact) mass is 321 g/mol. The van der Waals surface area contributed by atoms with E-state index in [4.69, 9.17) is 16.7 Å². The van der Waals surface area contributed by atoms with Gasteiger partial charge in [0.25, 0.3) is 0 Å². The molecule has 3 nitrogen and oxygen atoms in total. The number of carboxylic acids is 1. The Balaban J connectivity index is 2.23. The fourth-order valence-corrected chi connectivity index (χ4v) is 2.92. The normalized spacial score (nSPS) is 10.4. The van der Waals surface area contributed by atoms with E-state index in [1.165, 1.54) is 22.9 Å². The first kappa shape index (κ1) is 15.7. The van der Waals surface area contributed by atoms with E-state index in [9.17, 15) is 4.79 Å². The van der Waals surface area contributed by atoms with E-state index in [0.29, 0.717) is 5.02 Å². The van der Waals surface area contributed by atoms with Crippen molar-refractivity contribution in [3.63, 3.8) is 0 Å². The number of carbonyl (C=O) groups is 1. The number of hydrogen-bond acceptors (Lipinski definition) is 3. The molecule has 0 spiro atoms. The number of aryl methyl sites for hydroxylation is 1. The average molecular weight is 322 g/mol. The van der Waals surface area contributed by atoms with Gasteiger partial charge in [0.1, 0.15) is 0 Å². The molecule has 0 aromatic heterocycles. The predicted molar refractivity (Wildman–Crippen MR) is 89.0 cm³/mol. The van der Waals surface area contributed by atoms with Crippen molar-refractivity contribution < 1.29 is 9.90 Å². The molecule has 2 rings (SSSR count). The lowest BCUT2D eigenvalue weighted by Gasteiger charge is -2.13. The Labute approximate surface area is 133 Å². The smallest absolute Gasteiger partial charge is 0.313 e. The van der Waals surface area contributed by atoms with Crippen molar-refractivity contribution in [2.45, 2.75) is 18.7 Å². The number of halogens is 1. The molecule has 0 saturated carbocycles. The van der Waals surface area contributed by atoms with Crippen LogP contribution in [-0.4, -0.2) is 16.8 Å². The highest BCUT2D eigenvalue weighted by molar-refractivity contribution is 8.00. The zero-order chi connectivity index (χ0) is 15.4. The molecule has 0 amide bonds. The number of carboxylic acid groups (broad SMARTS) is 1. The van der Waals surface area contributed by atoms with Crippen molar-refractivity contribution in [1.82, 2.24) is 0 Å². The summed E-state index contributed by atoms with van der Waals surface area (Å²) >= 11 is 7.35. The molecule has 0 atom stereocenters. The summed E-state index contributed by atoms with van der Waals surface area (Å²) in [6, 6.07) is 11.6. The Hall–Kier alpha value is -1.65. The summed E-state index contributed by atoms with van der Waals surface area (Å²) in [6.07, 6.45) is 0. The SMILES string of the molecule is Cc1cccc(Nc2cc(Cl)cc(SCC(=O)O)c2)c1C. The summed E-state index contributed by atoms with van der Waals surface area (Å²) < 4.78 is 0. The van der Waals surface area contributed by atoms with E-state index in [2.05, 4.69) is 25.2 Å².